The zero-order valence-electron chi connectivity index (χ0n) is 13.7. The van der Waals surface area contributed by atoms with Crippen molar-refractivity contribution in [1.29, 1.82) is 0 Å². The van der Waals surface area contributed by atoms with Crippen LogP contribution < -0.4 is 10.1 Å². The van der Waals surface area contributed by atoms with Gasteiger partial charge in [-0.05, 0) is 37.3 Å². The van der Waals surface area contributed by atoms with Crippen LogP contribution in [-0.2, 0) is 0 Å². The van der Waals surface area contributed by atoms with Gasteiger partial charge >= 0.3 is 0 Å². The van der Waals surface area contributed by atoms with Gasteiger partial charge in [-0.15, -0.1) is 0 Å². The third-order valence-corrected chi connectivity index (χ3v) is 4.20. The van der Waals surface area contributed by atoms with Crippen LogP contribution in [0.3, 0.4) is 0 Å². The van der Waals surface area contributed by atoms with Crippen LogP contribution in [0.2, 0.25) is 0 Å². The summed E-state index contributed by atoms with van der Waals surface area (Å²) in [5, 5.41) is 5.78. The molecule has 0 aliphatic carbocycles. The molecule has 4 rings (SSSR count). The maximum atomic E-state index is 5.49. The van der Waals surface area contributed by atoms with Gasteiger partial charge < -0.3 is 10.1 Å². The largest absolute Gasteiger partial charge is 0.495 e. The van der Waals surface area contributed by atoms with Crippen molar-refractivity contribution in [2.75, 3.05) is 12.4 Å². The van der Waals surface area contributed by atoms with Crippen LogP contribution in [0.15, 0.2) is 66.7 Å². The number of hydrogen-bond donors (Lipinski definition) is 1. The van der Waals surface area contributed by atoms with Gasteiger partial charge in [-0.3, -0.25) is 0 Å². The lowest BCUT2D eigenvalue weighted by Gasteiger charge is -2.15. The van der Waals surface area contributed by atoms with Gasteiger partial charge in [-0.1, -0.05) is 42.0 Å². The highest BCUT2D eigenvalue weighted by molar-refractivity contribution is 6.09. The highest BCUT2D eigenvalue weighted by Gasteiger charge is 2.11. The molecule has 24 heavy (non-hydrogen) atoms. The Morgan fingerprint density at radius 2 is 1.58 bits per heavy atom. The molecule has 3 nitrogen and oxygen atoms in total. The maximum Gasteiger partial charge on any atom is 0.142 e. The second-order valence-corrected chi connectivity index (χ2v) is 5.85. The molecular formula is C21H18N2O. The number of fused-ring (bicyclic) bond motifs is 2. The number of nitrogens with one attached hydrogen (secondary N) is 1. The van der Waals surface area contributed by atoms with E-state index in [1.54, 1.807) is 7.11 Å². The molecule has 0 aliphatic rings. The van der Waals surface area contributed by atoms with Gasteiger partial charge in [0.1, 0.15) is 5.75 Å². The maximum absolute atomic E-state index is 5.49. The molecule has 0 fully saturated rings. The number of hydrogen-bond acceptors (Lipinski definition) is 3. The summed E-state index contributed by atoms with van der Waals surface area (Å²) < 4.78 is 5.49. The molecule has 0 atom stereocenters. The molecule has 3 aromatic carbocycles. The van der Waals surface area contributed by atoms with Gasteiger partial charge in [0.25, 0.3) is 0 Å². The van der Waals surface area contributed by atoms with Crippen LogP contribution in [-0.4, -0.2) is 12.1 Å². The minimum Gasteiger partial charge on any atom is -0.495 e. The van der Waals surface area contributed by atoms with Gasteiger partial charge in [0, 0.05) is 10.8 Å². The van der Waals surface area contributed by atoms with Crippen molar-refractivity contribution < 1.29 is 4.74 Å². The van der Waals surface area contributed by atoms with Gasteiger partial charge in [0.05, 0.1) is 29.5 Å². The first-order valence-electron chi connectivity index (χ1n) is 7.95. The van der Waals surface area contributed by atoms with Crippen molar-refractivity contribution in [2.45, 2.75) is 6.92 Å². The smallest absolute Gasteiger partial charge is 0.142 e. The topological polar surface area (TPSA) is 34.1 Å². The van der Waals surface area contributed by atoms with E-state index >= 15 is 0 Å². The lowest BCUT2D eigenvalue weighted by molar-refractivity contribution is 0.417. The molecule has 1 heterocycles. The predicted octanol–water partition coefficient (Wildman–Crippen LogP) is 5.45. The number of aryl methyl sites for hydroxylation is 1. The summed E-state index contributed by atoms with van der Waals surface area (Å²) in [5.74, 6) is 0.819. The monoisotopic (exact) mass is 314 g/mol. The second-order valence-electron chi connectivity index (χ2n) is 5.85. The van der Waals surface area contributed by atoms with Crippen molar-refractivity contribution in [1.82, 2.24) is 4.98 Å². The molecule has 1 aromatic heterocycles. The number of pyridine rings is 1. The highest BCUT2D eigenvalue weighted by atomic mass is 16.5. The number of ether oxygens (including phenoxy) is 1. The first-order chi connectivity index (χ1) is 11.8. The predicted molar refractivity (Wildman–Crippen MR) is 100 cm³/mol. The van der Waals surface area contributed by atoms with Gasteiger partial charge in [0.2, 0.25) is 0 Å². The van der Waals surface area contributed by atoms with E-state index in [9.17, 15) is 0 Å². The number of methoxy groups -OCH3 is 1. The molecule has 0 radical (unpaired) electrons. The Labute approximate surface area is 140 Å². The number of para-hydroxylation sites is 3. The number of benzene rings is 3. The third kappa shape index (κ3) is 2.44. The molecule has 118 valence electrons. The van der Waals surface area contributed by atoms with Gasteiger partial charge in [0.15, 0.2) is 0 Å². The Kier molecular flexibility index (Phi) is 3.54. The number of anilines is 2. The van der Waals surface area contributed by atoms with Crippen LogP contribution >= 0.6 is 0 Å². The zero-order valence-corrected chi connectivity index (χ0v) is 13.7. The minimum absolute atomic E-state index is 0.819. The Bertz CT molecular complexity index is 1040. The van der Waals surface area contributed by atoms with E-state index in [1.165, 1.54) is 5.56 Å². The molecule has 1 N–H and O–H groups in total. The lowest BCUT2D eigenvalue weighted by Crippen LogP contribution is -1.97. The van der Waals surface area contributed by atoms with E-state index in [-0.39, 0.29) is 0 Å². The quantitative estimate of drug-likeness (QED) is 0.511. The summed E-state index contributed by atoms with van der Waals surface area (Å²) in [7, 11) is 1.69. The summed E-state index contributed by atoms with van der Waals surface area (Å²) in [5.41, 5.74) is 5.17. The van der Waals surface area contributed by atoms with E-state index in [0.717, 1.165) is 38.9 Å². The molecule has 3 heteroatoms. The number of rotatable bonds is 3. The highest BCUT2D eigenvalue weighted by Crippen LogP contribution is 2.36. The molecule has 0 saturated carbocycles. The fraction of sp³-hybridized carbons (Fsp3) is 0.0952. The van der Waals surface area contributed by atoms with Gasteiger partial charge in [-0.2, -0.15) is 0 Å². The number of aromatic nitrogens is 1. The Morgan fingerprint density at radius 1 is 0.833 bits per heavy atom. The standard InChI is InChI=1S/C21H18N2O/c1-14-11-12-18-16(13-14)21(15-7-3-4-8-17(15)22-18)23-19-9-5-6-10-20(19)24-2/h3-13H,1-2H3,(H,22,23). The molecule has 0 saturated heterocycles. The van der Waals surface area contributed by atoms with E-state index in [0.29, 0.717) is 0 Å². The molecule has 0 bridgehead atoms. The van der Waals surface area contributed by atoms with Crippen molar-refractivity contribution in [3.63, 3.8) is 0 Å². The molecule has 0 aliphatic heterocycles. The van der Waals surface area contributed by atoms with E-state index in [1.807, 2.05) is 42.5 Å². The summed E-state index contributed by atoms with van der Waals surface area (Å²) in [6, 6.07) is 22.5. The Balaban J connectivity index is 2.01. The zero-order chi connectivity index (χ0) is 16.5. The minimum atomic E-state index is 0.819. The first kappa shape index (κ1) is 14.5. The fourth-order valence-corrected chi connectivity index (χ4v) is 3.02. The average Bonchev–Trinajstić information content (AvgIpc) is 2.62. The van der Waals surface area contributed by atoms with Crippen LogP contribution in [0.5, 0.6) is 5.75 Å². The Hall–Kier alpha value is -3.07. The average molecular weight is 314 g/mol. The summed E-state index contributed by atoms with van der Waals surface area (Å²) in [6.45, 7) is 2.10. The van der Waals surface area contributed by atoms with Crippen LogP contribution in [0.4, 0.5) is 11.4 Å². The SMILES string of the molecule is COc1ccccc1Nc1c2ccccc2nc2ccc(C)cc12. The van der Waals surface area contributed by atoms with Crippen molar-refractivity contribution in [3.8, 4) is 5.75 Å². The lowest BCUT2D eigenvalue weighted by atomic mass is 10.1. The van der Waals surface area contributed by atoms with E-state index in [2.05, 4.69) is 36.5 Å². The molecule has 0 spiro atoms. The molecular weight excluding hydrogens is 296 g/mol. The van der Waals surface area contributed by atoms with Gasteiger partial charge in [-0.25, -0.2) is 4.98 Å². The van der Waals surface area contributed by atoms with Crippen molar-refractivity contribution >= 4 is 33.2 Å². The van der Waals surface area contributed by atoms with Crippen LogP contribution in [0, 0.1) is 6.92 Å². The van der Waals surface area contributed by atoms with Crippen LogP contribution in [0.25, 0.3) is 21.8 Å². The Morgan fingerprint density at radius 3 is 2.46 bits per heavy atom. The second kappa shape index (κ2) is 5.85. The summed E-state index contributed by atoms with van der Waals surface area (Å²) in [4.78, 5) is 4.79. The normalized spacial score (nSPS) is 10.9. The first-order valence-corrected chi connectivity index (χ1v) is 7.95. The molecule has 0 amide bonds. The summed E-state index contributed by atoms with van der Waals surface area (Å²) in [6.07, 6.45) is 0. The van der Waals surface area contributed by atoms with Crippen molar-refractivity contribution in [2.24, 2.45) is 0 Å². The van der Waals surface area contributed by atoms with E-state index in [4.69, 9.17) is 9.72 Å². The third-order valence-electron chi connectivity index (χ3n) is 4.20. The molecule has 0 unspecified atom stereocenters. The summed E-state index contributed by atoms with van der Waals surface area (Å²) >= 11 is 0. The van der Waals surface area contributed by atoms with E-state index < -0.39 is 0 Å². The number of nitrogens with zero attached hydrogens (tertiary/aromatic N) is 1. The fourth-order valence-electron chi connectivity index (χ4n) is 3.02. The van der Waals surface area contributed by atoms with Crippen molar-refractivity contribution in [3.05, 3.63) is 72.3 Å². The van der Waals surface area contributed by atoms with Crippen LogP contribution in [0.1, 0.15) is 5.56 Å². The molecule has 4 aromatic rings.